The molecular weight excluding hydrogens is 333 g/mol. The number of hydrogen-bond acceptors (Lipinski definition) is 3. The number of benzene rings is 1. The van der Waals surface area contributed by atoms with E-state index in [-0.39, 0.29) is 11.7 Å². The van der Waals surface area contributed by atoms with E-state index in [1.807, 2.05) is 24.0 Å². The summed E-state index contributed by atoms with van der Waals surface area (Å²) in [7, 11) is 0. The molecule has 0 spiro atoms. The minimum absolute atomic E-state index is 0.155. The molecular formula is C19H30FN5O. The van der Waals surface area contributed by atoms with Crippen molar-refractivity contribution in [1.29, 1.82) is 0 Å². The summed E-state index contributed by atoms with van der Waals surface area (Å²) in [5, 5.41) is 6.56. The number of halogens is 1. The monoisotopic (exact) mass is 363 g/mol. The topological polar surface area (TPSA) is 60.0 Å². The van der Waals surface area contributed by atoms with Gasteiger partial charge in [-0.3, -0.25) is 14.7 Å². The van der Waals surface area contributed by atoms with Crippen molar-refractivity contribution >= 4 is 11.9 Å². The fraction of sp³-hybridized carbons (Fsp3) is 0.579. The number of nitrogens with zero attached hydrogens (tertiary/aromatic N) is 3. The van der Waals surface area contributed by atoms with Crippen LogP contribution in [0.3, 0.4) is 0 Å². The second kappa shape index (κ2) is 10.8. The smallest absolute Gasteiger partial charge is 0.219 e. The van der Waals surface area contributed by atoms with Gasteiger partial charge in [-0.1, -0.05) is 12.1 Å². The molecule has 0 radical (unpaired) electrons. The minimum atomic E-state index is -0.208. The van der Waals surface area contributed by atoms with Gasteiger partial charge in [0.15, 0.2) is 5.96 Å². The average Bonchev–Trinajstić information content (AvgIpc) is 2.64. The molecule has 0 unspecified atom stereocenters. The Bertz CT molecular complexity index is 582. The third kappa shape index (κ3) is 7.00. The van der Waals surface area contributed by atoms with Crippen LogP contribution in [0.15, 0.2) is 29.3 Å². The van der Waals surface area contributed by atoms with Gasteiger partial charge in [0.05, 0.1) is 6.54 Å². The van der Waals surface area contributed by atoms with E-state index in [4.69, 9.17) is 0 Å². The van der Waals surface area contributed by atoms with Crippen LogP contribution in [0, 0.1) is 5.82 Å². The lowest BCUT2D eigenvalue weighted by molar-refractivity contribution is -0.130. The van der Waals surface area contributed by atoms with Gasteiger partial charge in [-0.2, -0.15) is 0 Å². The number of nitrogens with one attached hydrogen (secondary N) is 2. The maximum absolute atomic E-state index is 12.9. The van der Waals surface area contributed by atoms with Crippen molar-refractivity contribution in [2.75, 3.05) is 52.4 Å². The summed E-state index contributed by atoms with van der Waals surface area (Å²) in [5.74, 6) is 0.750. The van der Waals surface area contributed by atoms with E-state index in [2.05, 4.69) is 20.5 Å². The maximum Gasteiger partial charge on any atom is 0.219 e. The number of aliphatic imine (C=N–C) groups is 1. The Balaban J connectivity index is 1.70. The molecule has 1 amide bonds. The van der Waals surface area contributed by atoms with Gasteiger partial charge in [0.1, 0.15) is 5.82 Å². The van der Waals surface area contributed by atoms with Crippen LogP contribution in [0.1, 0.15) is 19.4 Å². The first-order chi connectivity index (χ1) is 12.6. The zero-order valence-corrected chi connectivity index (χ0v) is 15.8. The summed E-state index contributed by atoms with van der Waals surface area (Å²) in [4.78, 5) is 20.2. The zero-order chi connectivity index (χ0) is 18.8. The van der Waals surface area contributed by atoms with Gasteiger partial charge in [0, 0.05) is 52.7 Å². The van der Waals surface area contributed by atoms with Gasteiger partial charge in [-0.15, -0.1) is 0 Å². The quantitative estimate of drug-likeness (QED) is 0.562. The zero-order valence-electron chi connectivity index (χ0n) is 15.8. The molecule has 1 aromatic carbocycles. The van der Waals surface area contributed by atoms with E-state index in [0.29, 0.717) is 6.54 Å². The van der Waals surface area contributed by atoms with Crippen molar-refractivity contribution < 1.29 is 9.18 Å². The summed E-state index contributed by atoms with van der Waals surface area (Å²) >= 11 is 0. The second-order valence-electron chi connectivity index (χ2n) is 6.41. The van der Waals surface area contributed by atoms with Gasteiger partial charge in [-0.05, 0) is 31.0 Å². The van der Waals surface area contributed by atoms with Gasteiger partial charge in [-0.25, -0.2) is 4.39 Å². The molecule has 1 aliphatic heterocycles. The second-order valence-corrected chi connectivity index (χ2v) is 6.41. The van der Waals surface area contributed by atoms with Crippen LogP contribution in [0.4, 0.5) is 4.39 Å². The number of carbonyl (C=O) groups excluding carboxylic acids is 1. The Morgan fingerprint density at radius 3 is 2.46 bits per heavy atom. The molecule has 0 bridgehead atoms. The Kier molecular flexibility index (Phi) is 8.34. The van der Waals surface area contributed by atoms with Crippen molar-refractivity contribution in [3.8, 4) is 0 Å². The molecule has 0 aliphatic carbocycles. The number of rotatable bonds is 7. The van der Waals surface area contributed by atoms with Crippen molar-refractivity contribution in [2.24, 2.45) is 4.99 Å². The van der Waals surface area contributed by atoms with E-state index in [1.165, 1.54) is 12.1 Å². The molecule has 1 fully saturated rings. The Labute approximate surface area is 155 Å². The molecule has 0 atom stereocenters. The Morgan fingerprint density at radius 2 is 1.85 bits per heavy atom. The van der Waals surface area contributed by atoms with Crippen molar-refractivity contribution in [3.63, 3.8) is 0 Å². The highest BCUT2D eigenvalue weighted by atomic mass is 19.1. The molecule has 26 heavy (non-hydrogen) atoms. The predicted octanol–water partition coefficient (Wildman–Crippen LogP) is 1.09. The van der Waals surface area contributed by atoms with E-state index < -0.39 is 0 Å². The maximum atomic E-state index is 12.9. The summed E-state index contributed by atoms with van der Waals surface area (Å²) < 4.78 is 12.9. The number of hydrogen-bond donors (Lipinski definition) is 2. The van der Waals surface area contributed by atoms with E-state index in [1.54, 1.807) is 6.92 Å². The fourth-order valence-electron chi connectivity index (χ4n) is 2.91. The lowest BCUT2D eigenvalue weighted by Gasteiger charge is -2.33. The summed E-state index contributed by atoms with van der Waals surface area (Å²) in [6.07, 6.45) is 0.817. The van der Waals surface area contributed by atoms with Gasteiger partial charge in [0.2, 0.25) is 5.91 Å². The highest BCUT2D eigenvalue weighted by Gasteiger charge is 2.17. The van der Waals surface area contributed by atoms with Crippen LogP contribution in [-0.4, -0.2) is 74.0 Å². The van der Waals surface area contributed by atoms with Crippen molar-refractivity contribution in [2.45, 2.75) is 20.3 Å². The fourth-order valence-corrected chi connectivity index (χ4v) is 2.91. The highest BCUT2D eigenvalue weighted by Crippen LogP contribution is 2.03. The van der Waals surface area contributed by atoms with Crippen LogP contribution >= 0.6 is 0 Å². The molecule has 144 valence electrons. The number of carbonyl (C=O) groups is 1. The largest absolute Gasteiger partial charge is 0.357 e. The lowest BCUT2D eigenvalue weighted by Crippen LogP contribution is -2.48. The molecule has 7 heteroatoms. The third-order valence-corrected chi connectivity index (χ3v) is 4.47. The first-order valence-corrected chi connectivity index (χ1v) is 9.33. The van der Waals surface area contributed by atoms with Gasteiger partial charge in [0.25, 0.3) is 0 Å². The SMILES string of the molecule is CCNC(=NCCN1CCN(C(C)=O)CC1)NCCc1ccc(F)cc1. The molecule has 1 heterocycles. The number of guanidine groups is 1. The first kappa shape index (κ1) is 20.2. The lowest BCUT2D eigenvalue weighted by atomic mass is 10.1. The van der Waals surface area contributed by atoms with Crippen LogP contribution in [0.2, 0.25) is 0 Å². The Morgan fingerprint density at radius 1 is 1.15 bits per heavy atom. The number of piperazine rings is 1. The molecule has 1 aromatic rings. The standard InChI is InChI=1S/C19H30FN5O/c1-3-21-19(22-9-8-17-4-6-18(20)7-5-17)23-10-11-24-12-14-25(15-13-24)16(2)26/h4-7H,3,8-15H2,1-2H3,(H2,21,22,23). The predicted molar refractivity (Wildman–Crippen MR) is 103 cm³/mol. The van der Waals surface area contributed by atoms with Gasteiger partial charge >= 0.3 is 0 Å². The van der Waals surface area contributed by atoms with Crippen molar-refractivity contribution in [3.05, 3.63) is 35.6 Å². The summed E-state index contributed by atoms with van der Waals surface area (Å²) in [5.41, 5.74) is 1.10. The minimum Gasteiger partial charge on any atom is -0.357 e. The molecule has 2 N–H and O–H groups in total. The summed E-state index contributed by atoms with van der Waals surface area (Å²) in [6.45, 7) is 10.2. The Hall–Kier alpha value is -2.15. The van der Waals surface area contributed by atoms with Crippen molar-refractivity contribution in [1.82, 2.24) is 20.4 Å². The summed E-state index contributed by atoms with van der Waals surface area (Å²) in [6, 6.07) is 6.59. The normalized spacial score (nSPS) is 15.8. The van der Waals surface area contributed by atoms with Crippen LogP contribution in [0.25, 0.3) is 0 Å². The van der Waals surface area contributed by atoms with Crippen LogP contribution < -0.4 is 10.6 Å². The van der Waals surface area contributed by atoms with Crippen LogP contribution in [-0.2, 0) is 11.2 Å². The molecule has 6 nitrogen and oxygen atoms in total. The van der Waals surface area contributed by atoms with E-state index >= 15 is 0 Å². The molecule has 2 rings (SSSR count). The molecule has 0 saturated carbocycles. The molecule has 1 saturated heterocycles. The third-order valence-electron chi connectivity index (χ3n) is 4.47. The highest BCUT2D eigenvalue weighted by molar-refractivity contribution is 5.79. The van der Waals surface area contributed by atoms with E-state index in [9.17, 15) is 9.18 Å². The molecule has 1 aliphatic rings. The first-order valence-electron chi connectivity index (χ1n) is 9.33. The van der Waals surface area contributed by atoms with Gasteiger partial charge < -0.3 is 15.5 Å². The van der Waals surface area contributed by atoms with Crippen LogP contribution in [0.5, 0.6) is 0 Å². The average molecular weight is 363 g/mol. The molecule has 0 aromatic heterocycles. The van der Waals surface area contributed by atoms with E-state index in [0.717, 1.165) is 63.8 Å². The number of amides is 1.